The van der Waals surface area contributed by atoms with Gasteiger partial charge >= 0.3 is 12.0 Å². The molecule has 1 N–H and O–H groups in total. The summed E-state index contributed by atoms with van der Waals surface area (Å²) in [4.78, 5) is 29.6. The molecular formula is C17H20ClN3O5. The van der Waals surface area contributed by atoms with Crippen molar-refractivity contribution < 1.29 is 23.5 Å². The molecule has 2 amide bonds. The Hall–Kier alpha value is -2.58. The number of hydrogen-bond donors (Lipinski definition) is 1. The van der Waals surface area contributed by atoms with Crippen LogP contribution >= 0.6 is 11.6 Å². The van der Waals surface area contributed by atoms with E-state index in [1.54, 1.807) is 31.4 Å². The van der Waals surface area contributed by atoms with E-state index in [0.717, 1.165) is 0 Å². The fourth-order valence-corrected chi connectivity index (χ4v) is 2.36. The fraction of sp³-hybridized carbons (Fsp3) is 0.353. The van der Waals surface area contributed by atoms with E-state index in [0.29, 0.717) is 30.3 Å². The molecule has 0 unspecified atom stereocenters. The van der Waals surface area contributed by atoms with Crippen molar-refractivity contribution in [1.82, 2.24) is 9.88 Å². The summed E-state index contributed by atoms with van der Waals surface area (Å²) in [5.74, 6) is -0.377. The van der Waals surface area contributed by atoms with Gasteiger partial charge in [0.05, 0.1) is 13.7 Å². The lowest BCUT2D eigenvalue weighted by molar-refractivity contribution is 0.0594. The molecule has 0 fully saturated rings. The summed E-state index contributed by atoms with van der Waals surface area (Å²) in [7, 11) is 2.85. The van der Waals surface area contributed by atoms with Gasteiger partial charge in [0, 0.05) is 31.0 Å². The number of hydrogen-bond acceptors (Lipinski definition) is 6. The lowest BCUT2D eigenvalue weighted by atomic mass is 10.3. The van der Waals surface area contributed by atoms with E-state index in [1.165, 1.54) is 18.3 Å². The third-order valence-electron chi connectivity index (χ3n) is 3.41. The maximum absolute atomic E-state index is 12.6. The summed E-state index contributed by atoms with van der Waals surface area (Å²) < 4.78 is 14.9. The molecule has 0 spiro atoms. The van der Waals surface area contributed by atoms with Gasteiger partial charge in [-0.1, -0.05) is 17.7 Å². The smallest absolute Gasteiger partial charge is 0.360 e. The molecule has 0 saturated heterocycles. The Balaban J connectivity index is 2.07. The molecule has 2 rings (SSSR count). The van der Waals surface area contributed by atoms with Crippen molar-refractivity contribution in [1.29, 1.82) is 0 Å². The number of aromatic nitrogens is 1. The van der Waals surface area contributed by atoms with Crippen LogP contribution in [0.5, 0.6) is 0 Å². The van der Waals surface area contributed by atoms with Gasteiger partial charge in [0.2, 0.25) is 5.89 Å². The Kier molecular flexibility index (Phi) is 7.43. The zero-order chi connectivity index (χ0) is 18.9. The molecule has 0 saturated carbocycles. The summed E-state index contributed by atoms with van der Waals surface area (Å²) in [6, 6.07) is 6.49. The van der Waals surface area contributed by atoms with Crippen LogP contribution in [0.3, 0.4) is 0 Å². The van der Waals surface area contributed by atoms with Crippen LogP contribution in [0, 0.1) is 0 Å². The molecular weight excluding hydrogens is 362 g/mol. The van der Waals surface area contributed by atoms with Crippen LogP contribution in [-0.4, -0.2) is 49.3 Å². The topological polar surface area (TPSA) is 93.9 Å². The lowest BCUT2D eigenvalue weighted by Crippen LogP contribution is -2.35. The number of ether oxygens (including phenoxy) is 2. The molecule has 140 valence electrons. The van der Waals surface area contributed by atoms with Gasteiger partial charge in [-0.25, -0.2) is 14.6 Å². The summed E-state index contributed by atoms with van der Waals surface area (Å²) in [6.45, 7) is 1.00. The number of anilines is 1. The van der Waals surface area contributed by atoms with Crippen molar-refractivity contribution in [2.75, 3.05) is 32.7 Å². The highest BCUT2D eigenvalue weighted by Gasteiger charge is 2.19. The van der Waals surface area contributed by atoms with Gasteiger partial charge in [0.1, 0.15) is 6.26 Å². The van der Waals surface area contributed by atoms with Crippen molar-refractivity contribution in [3.63, 3.8) is 0 Å². The van der Waals surface area contributed by atoms with Gasteiger partial charge in [-0.15, -0.1) is 0 Å². The maximum Gasteiger partial charge on any atom is 0.360 e. The van der Waals surface area contributed by atoms with Crippen LogP contribution in [0.2, 0.25) is 5.02 Å². The number of amides is 2. The summed E-state index contributed by atoms with van der Waals surface area (Å²) in [6.07, 6.45) is 1.83. The third-order valence-corrected chi connectivity index (χ3v) is 3.65. The summed E-state index contributed by atoms with van der Waals surface area (Å²) in [5.41, 5.74) is 0.622. The molecule has 0 aliphatic heterocycles. The van der Waals surface area contributed by atoms with Crippen LogP contribution in [0.1, 0.15) is 22.8 Å². The largest absolute Gasteiger partial charge is 0.464 e. The number of halogens is 1. The first-order valence-electron chi connectivity index (χ1n) is 7.86. The first-order valence-corrected chi connectivity index (χ1v) is 8.24. The molecule has 2 aromatic rings. The first kappa shape index (κ1) is 19.7. The van der Waals surface area contributed by atoms with E-state index in [2.05, 4.69) is 15.0 Å². The molecule has 0 aliphatic carbocycles. The minimum absolute atomic E-state index is 0.0505. The van der Waals surface area contributed by atoms with Crippen molar-refractivity contribution in [2.24, 2.45) is 0 Å². The predicted molar refractivity (Wildman–Crippen MR) is 95.2 cm³/mol. The second-order valence-corrected chi connectivity index (χ2v) is 5.76. The van der Waals surface area contributed by atoms with Crippen LogP contribution < -0.4 is 5.32 Å². The average molecular weight is 382 g/mol. The van der Waals surface area contributed by atoms with Gasteiger partial charge in [-0.05, 0) is 24.6 Å². The molecule has 26 heavy (non-hydrogen) atoms. The molecule has 8 nitrogen and oxygen atoms in total. The molecule has 1 aromatic carbocycles. The van der Waals surface area contributed by atoms with Gasteiger partial charge < -0.3 is 24.1 Å². The average Bonchev–Trinajstić information content (AvgIpc) is 3.09. The Morgan fingerprint density at radius 2 is 2.15 bits per heavy atom. The monoisotopic (exact) mass is 381 g/mol. The number of carbonyl (C=O) groups excluding carboxylic acids is 2. The highest BCUT2D eigenvalue weighted by molar-refractivity contribution is 6.30. The Labute approximate surface area is 156 Å². The normalized spacial score (nSPS) is 10.4. The van der Waals surface area contributed by atoms with Crippen molar-refractivity contribution in [3.05, 3.63) is 47.1 Å². The van der Waals surface area contributed by atoms with E-state index in [1.807, 2.05) is 0 Å². The Morgan fingerprint density at radius 1 is 1.35 bits per heavy atom. The fourth-order valence-electron chi connectivity index (χ4n) is 2.17. The Morgan fingerprint density at radius 3 is 2.85 bits per heavy atom. The standard InChI is InChI=1S/C17H20ClN3O5/c1-24-8-4-7-21(10-15-20-14(11-26-15)16(22)25-2)17(23)19-13-6-3-5-12(18)9-13/h3,5-6,9,11H,4,7-8,10H2,1-2H3,(H,19,23). The highest BCUT2D eigenvalue weighted by atomic mass is 35.5. The van der Waals surface area contributed by atoms with E-state index in [4.69, 9.17) is 20.8 Å². The number of urea groups is 1. The number of nitrogens with zero attached hydrogens (tertiary/aromatic N) is 2. The molecule has 1 heterocycles. The zero-order valence-corrected chi connectivity index (χ0v) is 15.3. The van der Waals surface area contributed by atoms with Crippen LogP contribution in [0.25, 0.3) is 0 Å². The number of carbonyl (C=O) groups is 2. The molecule has 0 radical (unpaired) electrons. The Bertz CT molecular complexity index is 750. The number of nitrogens with one attached hydrogen (secondary N) is 1. The number of esters is 1. The number of rotatable bonds is 8. The van der Waals surface area contributed by atoms with Crippen molar-refractivity contribution in [2.45, 2.75) is 13.0 Å². The molecule has 1 aromatic heterocycles. The second-order valence-electron chi connectivity index (χ2n) is 5.33. The van der Waals surface area contributed by atoms with Crippen LogP contribution in [0.15, 0.2) is 34.9 Å². The van der Waals surface area contributed by atoms with E-state index in [-0.39, 0.29) is 24.2 Å². The number of methoxy groups -OCH3 is 2. The van der Waals surface area contributed by atoms with Crippen molar-refractivity contribution >= 4 is 29.3 Å². The highest BCUT2D eigenvalue weighted by Crippen LogP contribution is 2.16. The molecule has 0 aliphatic rings. The number of benzene rings is 1. The predicted octanol–water partition coefficient (Wildman–Crippen LogP) is 3.19. The van der Waals surface area contributed by atoms with E-state index < -0.39 is 5.97 Å². The summed E-state index contributed by atoms with van der Waals surface area (Å²) >= 11 is 5.94. The molecule has 9 heteroatoms. The molecule has 0 bridgehead atoms. The maximum atomic E-state index is 12.6. The van der Waals surface area contributed by atoms with Crippen LogP contribution in [-0.2, 0) is 16.0 Å². The van der Waals surface area contributed by atoms with Gasteiger partial charge in [0.25, 0.3) is 0 Å². The SMILES string of the molecule is COCCCN(Cc1nc(C(=O)OC)co1)C(=O)Nc1cccc(Cl)c1. The number of oxazole rings is 1. The molecule has 0 atom stereocenters. The van der Waals surface area contributed by atoms with Crippen LogP contribution in [0.4, 0.5) is 10.5 Å². The minimum Gasteiger partial charge on any atom is -0.464 e. The van der Waals surface area contributed by atoms with E-state index in [9.17, 15) is 9.59 Å². The van der Waals surface area contributed by atoms with Crippen molar-refractivity contribution in [3.8, 4) is 0 Å². The first-order chi connectivity index (χ1) is 12.5. The minimum atomic E-state index is -0.602. The van der Waals surface area contributed by atoms with Gasteiger partial charge in [-0.2, -0.15) is 0 Å². The summed E-state index contributed by atoms with van der Waals surface area (Å²) in [5, 5.41) is 3.29. The lowest BCUT2D eigenvalue weighted by Gasteiger charge is -2.21. The van der Waals surface area contributed by atoms with E-state index >= 15 is 0 Å². The van der Waals surface area contributed by atoms with Gasteiger partial charge in [-0.3, -0.25) is 0 Å². The quantitative estimate of drug-likeness (QED) is 0.557. The zero-order valence-electron chi connectivity index (χ0n) is 14.5. The second kappa shape index (κ2) is 9.79. The third kappa shape index (κ3) is 5.75. The van der Waals surface area contributed by atoms with Gasteiger partial charge in [0.15, 0.2) is 5.69 Å².